The SMILES string of the molecule is C#CC(C)C(C)C(C)=O.CCc1cc(C)c(C)c(C)c1. The molecule has 0 aliphatic carbocycles. The number of hydrogen-bond acceptors (Lipinski definition) is 1. The van der Waals surface area contributed by atoms with E-state index in [9.17, 15) is 4.79 Å². The molecule has 20 heavy (non-hydrogen) atoms. The Morgan fingerprint density at radius 1 is 1.20 bits per heavy atom. The van der Waals surface area contributed by atoms with Crippen LogP contribution in [0.5, 0.6) is 0 Å². The first-order valence-corrected chi connectivity index (χ1v) is 7.27. The van der Waals surface area contributed by atoms with Crippen LogP contribution < -0.4 is 0 Å². The van der Waals surface area contributed by atoms with E-state index in [0.29, 0.717) is 0 Å². The van der Waals surface area contributed by atoms with Crippen molar-refractivity contribution in [2.75, 3.05) is 0 Å². The lowest BCUT2D eigenvalue weighted by molar-refractivity contribution is -0.121. The molecule has 1 rings (SSSR count). The van der Waals surface area contributed by atoms with E-state index in [2.05, 4.69) is 45.7 Å². The summed E-state index contributed by atoms with van der Waals surface area (Å²) in [5, 5.41) is 0. The molecular formula is C19H28O. The highest BCUT2D eigenvalue weighted by Crippen LogP contribution is 2.15. The molecule has 2 atom stereocenters. The largest absolute Gasteiger partial charge is 0.300 e. The molecule has 0 aliphatic heterocycles. The minimum absolute atomic E-state index is 0.00926. The number of carbonyl (C=O) groups excluding carboxylic acids is 1. The third kappa shape index (κ3) is 5.61. The van der Waals surface area contributed by atoms with E-state index in [4.69, 9.17) is 6.42 Å². The maximum Gasteiger partial charge on any atom is 0.133 e. The summed E-state index contributed by atoms with van der Waals surface area (Å²) < 4.78 is 0. The molecule has 1 aromatic carbocycles. The molecule has 0 amide bonds. The van der Waals surface area contributed by atoms with E-state index >= 15 is 0 Å². The predicted octanol–water partition coefficient (Wildman–Crippen LogP) is 4.66. The summed E-state index contributed by atoms with van der Waals surface area (Å²) >= 11 is 0. The van der Waals surface area contributed by atoms with Crippen molar-refractivity contribution in [3.05, 3.63) is 34.4 Å². The van der Waals surface area contributed by atoms with E-state index < -0.39 is 0 Å². The molecule has 2 unspecified atom stereocenters. The molecule has 1 aromatic rings. The molecule has 0 saturated carbocycles. The standard InChI is InChI=1S/C11H16.C8H12O/c1-5-11-6-8(2)10(4)9(3)7-11;1-5-6(2)7(3)8(4)9/h6-7H,5H2,1-4H3;1,6-7H,2-4H3. The minimum atomic E-state index is 0.00926. The summed E-state index contributed by atoms with van der Waals surface area (Å²) in [6.07, 6.45) is 6.25. The fourth-order valence-electron chi connectivity index (χ4n) is 1.83. The third-order valence-corrected chi connectivity index (χ3v) is 4.05. The molecule has 1 nitrogen and oxygen atoms in total. The molecule has 0 aliphatic rings. The van der Waals surface area contributed by atoms with Gasteiger partial charge in [-0.1, -0.05) is 32.9 Å². The van der Waals surface area contributed by atoms with E-state index in [-0.39, 0.29) is 17.6 Å². The van der Waals surface area contributed by atoms with Gasteiger partial charge in [0.1, 0.15) is 5.78 Å². The molecule has 0 spiro atoms. The van der Waals surface area contributed by atoms with Crippen LogP contribution in [0.25, 0.3) is 0 Å². The lowest BCUT2D eigenvalue weighted by Gasteiger charge is -2.08. The summed E-state index contributed by atoms with van der Waals surface area (Å²) in [7, 11) is 0. The highest BCUT2D eigenvalue weighted by molar-refractivity contribution is 5.78. The normalized spacial score (nSPS) is 12.7. The van der Waals surface area contributed by atoms with Crippen molar-refractivity contribution in [3.8, 4) is 12.3 Å². The maximum atomic E-state index is 10.6. The van der Waals surface area contributed by atoms with Gasteiger partial charge in [-0.15, -0.1) is 12.3 Å². The number of Topliss-reactive ketones (excluding diaryl/α,β-unsaturated/α-hetero) is 1. The van der Waals surface area contributed by atoms with Gasteiger partial charge in [-0.05, 0) is 56.4 Å². The van der Waals surface area contributed by atoms with Gasteiger partial charge in [-0.3, -0.25) is 4.79 Å². The molecule has 0 aromatic heterocycles. The van der Waals surface area contributed by atoms with E-state index in [1.165, 1.54) is 22.3 Å². The van der Waals surface area contributed by atoms with Crippen LogP contribution >= 0.6 is 0 Å². The first kappa shape index (κ1) is 18.4. The summed E-state index contributed by atoms with van der Waals surface area (Å²) in [5.74, 6) is 2.77. The van der Waals surface area contributed by atoms with Gasteiger partial charge in [-0.25, -0.2) is 0 Å². The van der Waals surface area contributed by atoms with Crippen molar-refractivity contribution in [2.45, 2.75) is 54.9 Å². The molecule has 110 valence electrons. The van der Waals surface area contributed by atoms with Crippen LogP contribution in [0.4, 0.5) is 0 Å². The number of aryl methyl sites for hydroxylation is 3. The average molecular weight is 272 g/mol. The van der Waals surface area contributed by atoms with Crippen molar-refractivity contribution >= 4 is 5.78 Å². The molecule has 0 heterocycles. The summed E-state index contributed by atoms with van der Waals surface area (Å²) in [6, 6.07) is 4.56. The van der Waals surface area contributed by atoms with Crippen molar-refractivity contribution in [2.24, 2.45) is 11.8 Å². The molecule has 0 N–H and O–H groups in total. The van der Waals surface area contributed by atoms with Crippen LogP contribution in [-0.2, 0) is 11.2 Å². The van der Waals surface area contributed by atoms with Gasteiger partial charge in [0.05, 0.1) is 0 Å². The maximum absolute atomic E-state index is 10.6. The number of terminal acetylenes is 1. The van der Waals surface area contributed by atoms with E-state index in [1.807, 2.05) is 13.8 Å². The number of hydrogen-bond donors (Lipinski definition) is 0. The van der Waals surface area contributed by atoms with Gasteiger partial charge in [-0.2, -0.15) is 0 Å². The van der Waals surface area contributed by atoms with Crippen LogP contribution in [0, 0.1) is 45.0 Å². The van der Waals surface area contributed by atoms with E-state index in [0.717, 1.165) is 6.42 Å². The second-order valence-corrected chi connectivity index (χ2v) is 5.56. The topological polar surface area (TPSA) is 17.1 Å². The van der Waals surface area contributed by atoms with Crippen LogP contribution in [0.3, 0.4) is 0 Å². The van der Waals surface area contributed by atoms with Crippen LogP contribution in [0.1, 0.15) is 49.9 Å². The summed E-state index contributed by atoms with van der Waals surface area (Å²) in [5.41, 5.74) is 5.72. The first-order chi connectivity index (χ1) is 9.24. The Kier molecular flexibility index (Phi) is 7.92. The predicted molar refractivity (Wildman–Crippen MR) is 87.9 cm³/mol. The summed E-state index contributed by atoms with van der Waals surface area (Å²) in [4.78, 5) is 10.6. The zero-order valence-corrected chi connectivity index (χ0v) is 14.0. The Morgan fingerprint density at radius 2 is 1.65 bits per heavy atom. The Morgan fingerprint density at radius 3 is 1.90 bits per heavy atom. The average Bonchev–Trinajstić information content (AvgIpc) is 2.42. The van der Waals surface area contributed by atoms with Gasteiger partial charge < -0.3 is 0 Å². The van der Waals surface area contributed by atoms with Gasteiger partial charge in [0.15, 0.2) is 0 Å². The number of benzene rings is 1. The molecule has 0 saturated heterocycles. The van der Waals surface area contributed by atoms with Gasteiger partial charge in [0.2, 0.25) is 0 Å². The molecular weight excluding hydrogens is 244 g/mol. The lowest BCUT2D eigenvalue weighted by atomic mass is 9.94. The van der Waals surface area contributed by atoms with E-state index in [1.54, 1.807) is 6.92 Å². The second-order valence-electron chi connectivity index (χ2n) is 5.56. The Labute approximate surface area is 124 Å². The quantitative estimate of drug-likeness (QED) is 0.732. The van der Waals surface area contributed by atoms with Crippen molar-refractivity contribution in [3.63, 3.8) is 0 Å². The monoisotopic (exact) mass is 272 g/mol. The minimum Gasteiger partial charge on any atom is -0.300 e. The van der Waals surface area contributed by atoms with Crippen molar-refractivity contribution < 1.29 is 4.79 Å². The molecule has 1 heteroatoms. The van der Waals surface area contributed by atoms with Crippen molar-refractivity contribution in [1.82, 2.24) is 0 Å². The number of ketones is 1. The van der Waals surface area contributed by atoms with Crippen molar-refractivity contribution in [1.29, 1.82) is 0 Å². The van der Waals surface area contributed by atoms with Crippen LogP contribution in [-0.4, -0.2) is 5.78 Å². The van der Waals surface area contributed by atoms with Gasteiger partial charge >= 0.3 is 0 Å². The fraction of sp³-hybridized carbons (Fsp3) is 0.526. The van der Waals surface area contributed by atoms with Gasteiger partial charge in [0, 0.05) is 11.8 Å². The highest BCUT2D eigenvalue weighted by Gasteiger charge is 2.12. The number of rotatable bonds is 3. The molecule has 0 radical (unpaired) electrons. The smallest absolute Gasteiger partial charge is 0.133 e. The van der Waals surface area contributed by atoms with Crippen LogP contribution in [0.2, 0.25) is 0 Å². The lowest BCUT2D eigenvalue weighted by Crippen LogP contribution is -2.13. The zero-order valence-electron chi connectivity index (χ0n) is 14.0. The first-order valence-electron chi connectivity index (χ1n) is 7.27. The number of carbonyl (C=O) groups is 1. The van der Waals surface area contributed by atoms with Gasteiger partial charge in [0.25, 0.3) is 0 Å². The Bertz CT molecular complexity index is 468. The molecule has 0 fully saturated rings. The highest BCUT2D eigenvalue weighted by atomic mass is 16.1. The second kappa shape index (κ2) is 8.59. The fourth-order valence-corrected chi connectivity index (χ4v) is 1.83. The molecule has 0 bridgehead atoms. The summed E-state index contributed by atoms with van der Waals surface area (Å²) in [6.45, 7) is 14.0. The Hall–Kier alpha value is -1.55. The zero-order chi connectivity index (χ0) is 15.9. The van der Waals surface area contributed by atoms with Crippen LogP contribution in [0.15, 0.2) is 12.1 Å². The Balaban J connectivity index is 0.000000370. The third-order valence-electron chi connectivity index (χ3n) is 4.05.